The van der Waals surface area contributed by atoms with Crippen LogP contribution in [0.25, 0.3) is 0 Å². The predicted octanol–water partition coefficient (Wildman–Crippen LogP) is 1.31. The number of hydrogen-bond acceptors (Lipinski definition) is 4. The third kappa shape index (κ3) is 6.02. The third-order valence-electron chi connectivity index (χ3n) is 4.39. The maximum absolute atomic E-state index is 12.0. The number of nitrogens with zero attached hydrogens (tertiary/aromatic N) is 2. The molecule has 0 radical (unpaired) electrons. The van der Waals surface area contributed by atoms with Gasteiger partial charge in [0.1, 0.15) is 11.9 Å². The number of rotatable bonds is 6. The minimum absolute atomic E-state index is 0.0815. The van der Waals surface area contributed by atoms with Crippen LogP contribution in [0.5, 0.6) is 5.75 Å². The van der Waals surface area contributed by atoms with Crippen molar-refractivity contribution in [1.82, 2.24) is 20.4 Å². The third-order valence-corrected chi connectivity index (χ3v) is 4.39. The lowest BCUT2D eigenvalue weighted by atomic mass is 10.2. The van der Waals surface area contributed by atoms with Gasteiger partial charge in [0.05, 0.1) is 6.54 Å². The van der Waals surface area contributed by atoms with Crippen molar-refractivity contribution in [3.8, 4) is 5.75 Å². The molecule has 6 nitrogen and oxygen atoms in total. The Kier molecular flexibility index (Phi) is 6.87. The van der Waals surface area contributed by atoms with Gasteiger partial charge in [0.15, 0.2) is 0 Å². The van der Waals surface area contributed by atoms with Crippen LogP contribution in [-0.4, -0.2) is 74.8 Å². The number of carbonyl (C=O) groups excluding carboxylic acids is 1. The fourth-order valence-electron chi connectivity index (χ4n) is 2.72. The summed E-state index contributed by atoms with van der Waals surface area (Å²) in [5.41, 5.74) is 1.20. The molecule has 1 heterocycles. The SMILES string of the molecule is Cc1ccc(OC(C)CNC(=O)NCC2CN(C)CCN2C)cc1. The van der Waals surface area contributed by atoms with Crippen LogP contribution in [0.2, 0.25) is 0 Å². The van der Waals surface area contributed by atoms with Crippen molar-refractivity contribution in [3.05, 3.63) is 29.8 Å². The zero-order valence-corrected chi connectivity index (χ0v) is 15.2. The molecule has 1 aliphatic heterocycles. The molecule has 1 aromatic carbocycles. The minimum atomic E-state index is -0.143. The molecular formula is C18H30N4O2. The van der Waals surface area contributed by atoms with Gasteiger partial charge in [0.25, 0.3) is 0 Å². The topological polar surface area (TPSA) is 56.8 Å². The fourth-order valence-corrected chi connectivity index (χ4v) is 2.72. The van der Waals surface area contributed by atoms with Gasteiger partial charge in [-0.25, -0.2) is 4.79 Å². The van der Waals surface area contributed by atoms with Crippen LogP contribution < -0.4 is 15.4 Å². The highest BCUT2D eigenvalue weighted by molar-refractivity contribution is 5.73. The summed E-state index contributed by atoms with van der Waals surface area (Å²) in [6.07, 6.45) is -0.0815. The van der Waals surface area contributed by atoms with Gasteiger partial charge < -0.3 is 20.3 Å². The molecule has 2 atom stereocenters. The number of carbonyl (C=O) groups is 1. The van der Waals surface area contributed by atoms with Gasteiger partial charge in [0, 0.05) is 32.2 Å². The summed E-state index contributed by atoms with van der Waals surface area (Å²) in [5, 5.41) is 5.83. The van der Waals surface area contributed by atoms with Crippen LogP contribution in [0, 0.1) is 6.92 Å². The Bertz CT molecular complexity index is 520. The quantitative estimate of drug-likeness (QED) is 0.824. The normalized spacial score (nSPS) is 20.4. The molecular weight excluding hydrogens is 304 g/mol. The number of piperazine rings is 1. The highest BCUT2D eigenvalue weighted by Gasteiger charge is 2.22. The molecule has 6 heteroatoms. The highest BCUT2D eigenvalue weighted by Crippen LogP contribution is 2.12. The molecule has 2 N–H and O–H groups in total. The molecule has 2 unspecified atom stereocenters. The average molecular weight is 334 g/mol. The number of hydrogen-bond donors (Lipinski definition) is 2. The van der Waals surface area contributed by atoms with Crippen molar-refractivity contribution in [3.63, 3.8) is 0 Å². The molecule has 0 aliphatic carbocycles. The molecule has 0 bridgehead atoms. The monoisotopic (exact) mass is 334 g/mol. The molecule has 24 heavy (non-hydrogen) atoms. The molecule has 2 rings (SSSR count). The van der Waals surface area contributed by atoms with Gasteiger partial charge in [-0.3, -0.25) is 4.90 Å². The van der Waals surface area contributed by atoms with Gasteiger partial charge in [-0.1, -0.05) is 17.7 Å². The lowest BCUT2D eigenvalue weighted by molar-refractivity contribution is 0.114. The number of nitrogens with one attached hydrogen (secondary N) is 2. The molecule has 1 saturated heterocycles. The first kappa shape index (κ1) is 18.5. The summed E-state index contributed by atoms with van der Waals surface area (Å²) in [7, 11) is 4.22. The fraction of sp³-hybridized carbons (Fsp3) is 0.611. The van der Waals surface area contributed by atoms with E-state index in [1.807, 2.05) is 38.1 Å². The number of amides is 2. The van der Waals surface area contributed by atoms with E-state index in [0.717, 1.165) is 25.4 Å². The summed E-state index contributed by atoms with van der Waals surface area (Å²) in [5.74, 6) is 0.821. The van der Waals surface area contributed by atoms with Gasteiger partial charge >= 0.3 is 6.03 Å². The zero-order chi connectivity index (χ0) is 17.5. The molecule has 1 fully saturated rings. The van der Waals surface area contributed by atoms with Gasteiger partial charge in [0.2, 0.25) is 0 Å². The Morgan fingerprint density at radius 2 is 1.96 bits per heavy atom. The maximum atomic E-state index is 12.0. The highest BCUT2D eigenvalue weighted by atomic mass is 16.5. The first-order valence-electron chi connectivity index (χ1n) is 8.58. The van der Waals surface area contributed by atoms with E-state index in [-0.39, 0.29) is 12.1 Å². The summed E-state index contributed by atoms with van der Waals surface area (Å²) in [6, 6.07) is 8.13. The number of aryl methyl sites for hydroxylation is 1. The Balaban J connectivity index is 1.66. The van der Waals surface area contributed by atoms with E-state index < -0.39 is 0 Å². The molecule has 134 valence electrons. The van der Waals surface area contributed by atoms with E-state index in [1.165, 1.54) is 5.56 Å². The van der Waals surface area contributed by atoms with E-state index in [0.29, 0.717) is 19.1 Å². The number of likely N-dealkylation sites (N-methyl/N-ethyl adjacent to an activating group) is 2. The smallest absolute Gasteiger partial charge is 0.314 e. The van der Waals surface area contributed by atoms with Gasteiger partial charge in [-0.15, -0.1) is 0 Å². The Hall–Kier alpha value is -1.79. The second-order valence-electron chi connectivity index (χ2n) is 6.73. The molecule has 1 aliphatic rings. The number of benzene rings is 1. The van der Waals surface area contributed by atoms with Crippen molar-refractivity contribution < 1.29 is 9.53 Å². The molecule has 1 aromatic rings. The largest absolute Gasteiger partial charge is 0.489 e. The van der Waals surface area contributed by atoms with Crippen molar-refractivity contribution in [2.75, 3.05) is 46.8 Å². The number of ether oxygens (including phenoxy) is 1. The molecule has 0 saturated carbocycles. The average Bonchev–Trinajstić information content (AvgIpc) is 2.56. The standard InChI is InChI=1S/C18H30N4O2/c1-14-5-7-17(8-6-14)24-15(2)11-19-18(23)20-12-16-13-21(3)9-10-22(16)4/h5-8,15-16H,9-13H2,1-4H3,(H2,19,20,23). The lowest BCUT2D eigenvalue weighted by Gasteiger charge is -2.37. The minimum Gasteiger partial charge on any atom is -0.489 e. The Labute approximate surface area is 145 Å². The van der Waals surface area contributed by atoms with Crippen LogP contribution in [0.1, 0.15) is 12.5 Å². The van der Waals surface area contributed by atoms with Gasteiger partial charge in [-0.05, 0) is 40.1 Å². The Morgan fingerprint density at radius 3 is 2.67 bits per heavy atom. The van der Waals surface area contributed by atoms with Crippen molar-refractivity contribution in [2.45, 2.75) is 26.0 Å². The first-order chi connectivity index (χ1) is 11.4. The van der Waals surface area contributed by atoms with E-state index in [1.54, 1.807) is 0 Å². The van der Waals surface area contributed by atoms with Crippen LogP contribution in [0.3, 0.4) is 0 Å². The van der Waals surface area contributed by atoms with Crippen molar-refractivity contribution >= 4 is 6.03 Å². The summed E-state index contributed by atoms with van der Waals surface area (Å²) in [4.78, 5) is 16.6. The van der Waals surface area contributed by atoms with Crippen LogP contribution in [0.4, 0.5) is 4.79 Å². The second-order valence-corrected chi connectivity index (χ2v) is 6.73. The predicted molar refractivity (Wildman–Crippen MR) is 96.6 cm³/mol. The number of urea groups is 1. The molecule has 2 amide bonds. The Morgan fingerprint density at radius 1 is 1.25 bits per heavy atom. The summed E-state index contributed by atoms with van der Waals surface area (Å²) >= 11 is 0. The zero-order valence-electron chi connectivity index (χ0n) is 15.2. The van der Waals surface area contributed by atoms with Crippen LogP contribution >= 0.6 is 0 Å². The summed E-state index contributed by atoms with van der Waals surface area (Å²) < 4.78 is 5.79. The lowest BCUT2D eigenvalue weighted by Crippen LogP contribution is -2.55. The summed E-state index contributed by atoms with van der Waals surface area (Å²) in [6.45, 7) is 8.20. The van der Waals surface area contributed by atoms with Crippen molar-refractivity contribution in [1.29, 1.82) is 0 Å². The van der Waals surface area contributed by atoms with E-state index in [9.17, 15) is 4.79 Å². The van der Waals surface area contributed by atoms with Gasteiger partial charge in [-0.2, -0.15) is 0 Å². The van der Waals surface area contributed by atoms with Crippen molar-refractivity contribution in [2.24, 2.45) is 0 Å². The first-order valence-corrected chi connectivity index (χ1v) is 8.58. The van der Waals surface area contributed by atoms with E-state index in [4.69, 9.17) is 4.74 Å². The molecule has 0 spiro atoms. The van der Waals surface area contributed by atoms with Crippen LogP contribution in [0.15, 0.2) is 24.3 Å². The van der Waals surface area contributed by atoms with Crippen LogP contribution in [-0.2, 0) is 0 Å². The second kappa shape index (κ2) is 8.89. The van der Waals surface area contributed by atoms with E-state index in [2.05, 4.69) is 34.5 Å². The van der Waals surface area contributed by atoms with E-state index >= 15 is 0 Å². The molecule has 0 aromatic heterocycles. The maximum Gasteiger partial charge on any atom is 0.314 e.